The van der Waals surface area contributed by atoms with Crippen molar-refractivity contribution in [1.82, 2.24) is 0 Å². The Balaban J connectivity index is 0. The van der Waals surface area contributed by atoms with Crippen molar-refractivity contribution in [3.8, 4) is 0 Å². The maximum atomic E-state index is 9.85. The smallest absolute Gasteiger partial charge is 0.321 e. The molecule has 0 aromatic rings. The SMILES string of the molecule is N[C@@H](CC(=O)O)C(=O)O.O=CC(O)CO. The summed E-state index contributed by atoms with van der Waals surface area (Å²) in [7, 11) is 0. The van der Waals surface area contributed by atoms with Crippen molar-refractivity contribution in [2.45, 2.75) is 18.6 Å². The van der Waals surface area contributed by atoms with E-state index in [1.165, 1.54) is 0 Å². The van der Waals surface area contributed by atoms with Gasteiger partial charge >= 0.3 is 11.9 Å². The van der Waals surface area contributed by atoms with Gasteiger partial charge in [-0.05, 0) is 0 Å². The summed E-state index contributed by atoms with van der Waals surface area (Å²) in [6.07, 6.45) is -1.44. The Morgan fingerprint density at radius 1 is 1.33 bits per heavy atom. The number of hydrogen-bond donors (Lipinski definition) is 5. The number of rotatable bonds is 5. The summed E-state index contributed by atoms with van der Waals surface area (Å²) >= 11 is 0. The number of carboxylic acid groups (broad SMARTS) is 2. The average Bonchev–Trinajstić information content (AvgIpc) is 2.16. The fourth-order valence-electron chi connectivity index (χ4n) is 0.318. The van der Waals surface area contributed by atoms with E-state index in [0.717, 1.165) is 0 Å². The summed E-state index contributed by atoms with van der Waals surface area (Å²) in [5.74, 6) is -2.50. The van der Waals surface area contributed by atoms with Crippen LogP contribution in [0.15, 0.2) is 0 Å². The van der Waals surface area contributed by atoms with Crippen LogP contribution in [0, 0.1) is 0 Å². The molecule has 0 fully saturated rings. The normalized spacial score (nSPS) is 13.0. The van der Waals surface area contributed by atoms with Gasteiger partial charge in [-0.25, -0.2) is 0 Å². The van der Waals surface area contributed by atoms with Crippen LogP contribution in [0.5, 0.6) is 0 Å². The minimum absolute atomic E-state index is 0.278. The van der Waals surface area contributed by atoms with E-state index in [1.54, 1.807) is 0 Å². The summed E-state index contributed by atoms with van der Waals surface area (Å²) in [5.41, 5.74) is 4.84. The van der Waals surface area contributed by atoms with Gasteiger partial charge in [0, 0.05) is 0 Å². The highest BCUT2D eigenvalue weighted by Gasteiger charge is 2.14. The first-order valence-corrected chi connectivity index (χ1v) is 3.79. The van der Waals surface area contributed by atoms with Crippen LogP contribution < -0.4 is 5.73 Å². The van der Waals surface area contributed by atoms with Crippen molar-refractivity contribution in [3.63, 3.8) is 0 Å². The summed E-state index contributed by atoms with van der Waals surface area (Å²) in [5, 5.41) is 31.9. The second kappa shape index (κ2) is 9.06. The van der Waals surface area contributed by atoms with Gasteiger partial charge < -0.3 is 31.0 Å². The van der Waals surface area contributed by atoms with Crippen molar-refractivity contribution < 1.29 is 34.8 Å². The molecule has 0 bridgehead atoms. The van der Waals surface area contributed by atoms with Gasteiger partial charge in [0.25, 0.3) is 0 Å². The molecule has 0 aromatic heterocycles. The molecule has 0 radical (unpaired) electrons. The molecule has 6 N–H and O–H groups in total. The number of aliphatic hydroxyl groups excluding tert-OH is 2. The van der Waals surface area contributed by atoms with Gasteiger partial charge in [0.15, 0.2) is 6.29 Å². The van der Waals surface area contributed by atoms with Crippen LogP contribution in [-0.2, 0) is 14.4 Å². The maximum Gasteiger partial charge on any atom is 0.321 e. The van der Waals surface area contributed by atoms with E-state index >= 15 is 0 Å². The summed E-state index contributed by atoms with van der Waals surface area (Å²) < 4.78 is 0. The fourth-order valence-corrected chi connectivity index (χ4v) is 0.318. The Bertz CT molecular complexity index is 217. The molecule has 0 amide bonds. The molecule has 8 nitrogen and oxygen atoms in total. The van der Waals surface area contributed by atoms with Gasteiger partial charge in [0.2, 0.25) is 0 Å². The molecule has 0 aliphatic carbocycles. The Kier molecular flexibility index (Phi) is 9.63. The topological polar surface area (TPSA) is 158 Å². The molecule has 15 heavy (non-hydrogen) atoms. The van der Waals surface area contributed by atoms with Gasteiger partial charge in [-0.3, -0.25) is 9.59 Å². The van der Waals surface area contributed by atoms with Crippen LogP contribution in [0.2, 0.25) is 0 Å². The van der Waals surface area contributed by atoms with Crippen LogP contribution in [-0.4, -0.2) is 57.4 Å². The van der Waals surface area contributed by atoms with Crippen LogP contribution in [0.25, 0.3) is 0 Å². The zero-order chi connectivity index (χ0) is 12.4. The van der Waals surface area contributed by atoms with Gasteiger partial charge in [-0.15, -0.1) is 0 Å². The minimum Gasteiger partial charge on any atom is -0.481 e. The summed E-state index contributed by atoms with van der Waals surface area (Å²) in [4.78, 5) is 28.9. The maximum absolute atomic E-state index is 9.85. The van der Waals surface area contributed by atoms with Crippen LogP contribution >= 0.6 is 0 Å². The lowest BCUT2D eigenvalue weighted by molar-refractivity contribution is -0.144. The zero-order valence-corrected chi connectivity index (χ0v) is 7.74. The zero-order valence-electron chi connectivity index (χ0n) is 7.74. The first kappa shape index (κ1) is 15.9. The van der Waals surface area contributed by atoms with Crippen molar-refractivity contribution in [3.05, 3.63) is 0 Å². The quantitative estimate of drug-likeness (QED) is 0.317. The molecular formula is C7H13NO7. The molecule has 0 saturated carbocycles. The van der Waals surface area contributed by atoms with Crippen molar-refractivity contribution in [1.29, 1.82) is 0 Å². The predicted molar refractivity (Wildman–Crippen MR) is 47.0 cm³/mol. The van der Waals surface area contributed by atoms with Gasteiger partial charge in [-0.2, -0.15) is 0 Å². The predicted octanol–water partition coefficient (Wildman–Crippen LogP) is -2.59. The van der Waals surface area contributed by atoms with E-state index in [0.29, 0.717) is 0 Å². The third-order valence-corrected chi connectivity index (χ3v) is 1.06. The van der Waals surface area contributed by atoms with E-state index in [2.05, 4.69) is 0 Å². The van der Waals surface area contributed by atoms with E-state index in [9.17, 15) is 14.4 Å². The number of carbonyl (C=O) groups is 3. The van der Waals surface area contributed by atoms with Crippen molar-refractivity contribution in [2.75, 3.05) is 6.61 Å². The Labute approximate surface area is 84.9 Å². The van der Waals surface area contributed by atoms with Gasteiger partial charge in [0.05, 0.1) is 13.0 Å². The standard InChI is InChI=1S/C4H7NO4.C3H6O3/c5-2(4(8)9)1-3(6)7;4-1-3(6)2-5/h2H,1,5H2,(H,6,7)(H,8,9);1,3,5-6H,2H2/t2-;/m0./s1. The number of aliphatic hydroxyl groups is 2. The average molecular weight is 223 g/mol. The summed E-state index contributed by atoms with van der Waals surface area (Å²) in [6.45, 7) is -0.483. The number of nitrogens with two attached hydrogens (primary N) is 1. The molecule has 88 valence electrons. The van der Waals surface area contributed by atoms with Crippen LogP contribution in [0.1, 0.15) is 6.42 Å². The molecule has 0 heterocycles. The number of aliphatic carboxylic acids is 2. The lowest BCUT2D eigenvalue weighted by Gasteiger charge is -1.99. The highest BCUT2D eigenvalue weighted by atomic mass is 16.4. The molecule has 0 aliphatic rings. The van der Waals surface area contributed by atoms with E-state index in [4.69, 9.17) is 26.2 Å². The lowest BCUT2D eigenvalue weighted by atomic mass is 10.2. The highest BCUT2D eigenvalue weighted by molar-refractivity contribution is 5.80. The number of carboxylic acids is 2. The second-order valence-electron chi connectivity index (χ2n) is 2.43. The Morgan fingerprint density at radius 3 is 1.87 bits per heavy atom. The first-order chi connectivity index (χ1) is 6.84. The molecule has 0 saturated heterocycles. The van der Waals surface area contributed by atoms with E-state index < -0.39 is 37.1 Å². The molecular weight excluding hydrogens is 210 g/mol. The molecule has 0 spiro atoms. The monoisotopic (exact) mass is 223 g/mol. The summed E-state index contributed by atoms with van der Waals surface area (Å²) in [6, 6.07) is -1.29. The van der Waals surface area contributed by atoms with Crippen molar-refractivity contribution in [2.24, 2.45) is 5.73 Å². The molecule has 8 heteroatoms. The van der Waals surface area contributed by atoms with Crippen molar-refractivity contribution >= 4 is 18.2 Å². The molecule has 0 rings (SSSR count). The number of carbonyl (C=O) groups excluding carboxylic acids is 1. The second-order valence-corrected chi connectivity index (χ2v) is 2.43. The van der Waals surface area contributed by atoms with Crippen LogP contribution in [0.3, 0.4) is 0 Å². The third kappa shape index (κ3) is 12.5. The number of hydrogen-bond acceptors (Lipinski definition) is 6. The first-order valence-electron chi connectivity index (χ1n) is 3.79. The van der Waals surface area contributed by atoms with Gasteiger partial charge in [-0.1, -0.05) is 0 Å². The molecule has 0 aliphatic heterocycles. The lowest BCUT2D eigenvalue weighted by Crippen LogP contribution is -2.32. The minimum atomic E-state index is -1.29. The van der Waals surface area contributed by atoms with E-state index in [-0.39, 0.29) is 6.29 Å². The van der Waals surface area contributed by atoms with E-state index in [1.807, 2.05) is 0 Å². The Hall–Kier alpha value is -1.51. The fraction of sp³-hybridized carbons (Fsp3) is 0.571. The number of aldehydes is 1. The highest BCUT2D eigenvalue weighted by Crippen LogP contribution is 1.86. The molecule has 1 unspecified atom stereocenters. The third-order valence-electron chi connectivity index (χ3n) is 1.06. The van der Waals surface area contributed by atoms with Gasteiger partial charge in [0.1, 0.15) is 12.1 Å². The largest absolute Gasteiger partial charge is 0.481 e. The molecule has 0 aromatic carbocycles. The van der Waals surface area contributed by atoms with Crippen LogP contribution in [0.4, 0.5) is 0 Å². The Morgan fingerprint density at radius 2 is 1.80 bits per heavy atom. The molecule has 2 atom stereocenters.